The maximum absolute atomic E-state index is 11.9. The van der Waals surface area contributed by atoms with Gasteiger partial charge in [-0.2, -0.15) is 0 Å². The Hall–Kier alpha value is -2.57. The Morgan fingerprint density at radius 1 is 1.16 bits per heavy atom. The third kappa shape index (κ3) is 8.19. The van der Waals surface area contributed by atoms with Gasteiger partial charge >= 0.3 is 18.0 Å². The number of ether oxygens (including phenoxy) is 2. The number of amides is 1. The Kier molecular flexibility index (Phi) is 7.42. The van der Waals surface area contributed by atoms with Crippen molar-refractivity contribution in [2.75, 3.05) is 0 Å². The number of aliphatic carboxylic acids is 1. The number of alkyl carbamates (subject to hydrolysis) is 1. The number of aryl methyl sites for hydroxylation is 1. The molecule has 138 valence electrons. The minimum absolute atomic E-state index is 0.246. The predicted molar refractivity (Wildman–Crippen MR) is 91.1 cm³/mol. The maximum atomic E-state index is 11.9. The molecule has 0 fully saturated rings. The third-order valence-corrected chi connectivity index (χ3v) is 3.19. The van der Waals surface area contributed by atoms with E-state index in [0.29, 0.717) is 6.42 Å². The van der Waals surface area contributed by atoms with E-state index in [0.717, 1.165) is 5.56 Å². The molecule has 0 saturated heterocycles. The molecule has 1 amide bonds. The predicted octanol–water partition coefficient (Wildman–Crippen LogP) is 2.53. The zero-order chi connectivity index (χ0) is 19.0. The Balaban J connectivity index is 2.84. The number of esters is 1. The minimum Gasteiger partial charge on any atom is -0.480 e. The number of carboxylic acids is 1. The maximum Gasteiger partial charge on any atom is 0.408 e. The quantitative estimate of drug-likeness (QED) is 0.732. The van der Waals surface area contributed by atoms with Crippen molar-refractivity contribution in [3.8, 4) is 0 Å². The van der Waals surface area contributed by atoms with Gasteiger partial charge in [-0.25, -0.2) is 9.59 Å². The van der Waals surface area contributed by atoms with Crippen LogP contribution in [0.4, 0.5) is 4.79 Å². The van der Waals surface area contributed by atoms with E-state index in [1.165, 1.54) is 6.92 Å². The molecule has 2 N–H and O–H groups in total. The van der Waals surface area contributed by atoms with Crippen molar-refractivity contribution in [1.82, 2.24) is 5.32 Å². The SMILES string of the molecule is CC(=O)OC(CCc1ccccc1)C(NC(=O)OC(C)(C)C)C(=O)O. The minimum atomic E-state index is -1.40. The molecule has 0 aliphatic carbocycles. The lowest BCUT2D eigenvalue weighted by Gasteiger charge is -2.26. The Morgan fingerprint density at radius 3 is 2.24 bits per heavy atom. The molecule has 0 aliphatic heterocycles. The number of rotatable bonds is 7. The van der Waals surface area contributed by atoms with Crippen LogP contribution < -0.4 is 5.32 Å². The Labute approximate surface area is 147 Å². The third-order valence-electron chi connectivity index (χ3n) is 3.19. The largest absolute Gasteiger partial charge is 0.480 e. The van der Waals surface area contributed by atoms with Crippen LogP contribution in [0.2, 0.25) is 0 Å². The molecule has 2 atom stereocenters. The highest BCUT2D eigenvalue weighted by atomic mass is 16.6. The van der Waals surface area contributed by atoms with E-state index in [1.807, 2.05) is 30.3 Å². The van der Waals surface area contributed by atoms with Gasteiger partial charge in [0.05, 0.1) is 0 Å². The van der Waals surface area contributed by atoms with Crippen molar-refractivity contribution in [2.24, 2.45) is 0 Å². The summed E-state index contributed by atoms with van der Waals surface area (Å²) < 4.78 is 10.2. The van der Waals surface area contributed by atoms with Gasteiger partial charge in [0.15, 0.2) is 6.04 Å². The molecule has 0 aromatic heterocycles. The van der Waals surface area contributed by atoms with Gasteiger partial charge in [0.25, 0.3) is 0 Å². The fourth-order valence-electron chi connectivity index (χ4n) is 2.21. The number of carboxylic acid groups (broad SMARTS) is 1. The van der Waals surface area contributed by atoms with Gasteiger partial charge in [-0.3, -0.25) is 4.79 Å². The van der Waals surface area contributed by atoms with Gasteiger partial charge in [-0.15, -0.1) is 0 Å². The summed E-state index contributed by atoms with van der Waals surface area (Å²) >= 11 is 0. The molecule has 7 nitrogen and oxygen atoms in total. The van der Waals surface area contributed by atoms with E-state index in [2.05, 4.69) is 5.32 Å². The van der Waals surface area contributed by atoms with Crippen molar-refractivity contribution in [2.45, 2.75) is 58.3 Å². The van der Waals surface area contributed by atoms with Crippen LogP contribution in [-0.4, -0.2) is 40.9 Å². The molecule has 0 radical (unpaired) electrons. The van der Waals surface area contributed by atoms with Crippen LogP contribution in [0.25, 0.3) is 0 Å². The van der Waals surface area contributed by atoms with Gasteiger partial charge in [-0.1, -0.05) is 30.3 Å². The summed E-state index contributed by atoms with van der Waals surface area (Å²) in [5.41, 5.74) is 0.203. The molecular formula is C18H25NO6. The average molecular weight is 351 g/mol. The van der Waals surface area contributed by atoms with Crippen LogP contribution in [0.5, 0.6) is 0 Å². The van der Waals surface area contributed by atoms with Crippen molar-refractivity contribution in [3.63, 3.8) is 0 Å². The van der Waals surface area contributed by atoms with Gasteiger partial charge in [0.2, 0.25) is 0 Å². The monoisotopic (exact) mass is 351 g/mol. The number of carbonyl (C=O) groups is 3. The number of benzene rings is 1. The summed E-state index contributed by atoms with van der Waals surface area (Å²) in [5, 5.41) is 11.7. The van der Waals surface area contributed by atoms with E-state index in [-0.39, 0.29) is 6.42 Å². The lowest BCUT2D eigenvalue weighted by Crippen LogP contribution is -2.51. The molecule has 0 heterocycles. The van der Waals surface area contributed by atoms with Crippen molar-refractivity contribution < 1.29 is 29.0 Å². The van der Waals surface area contributed by atoms with E-state index in [4.69, 9.17) is 9.47 Å². The molecule has 2 unspecified atom stereocenters. The summed E-state index contributed by atoms with van der Waals surface area (Å²) in [6, 6.07) is 7.98. The standard InChI is InChI=1S/C18H25NO6/c1-12(20)24-14(11-10-13-8-6-5-7-9-13)15(16(21)22)19-17(23)25-18(2,3)4/h5-9,14-15H,10-11H2,1-4H3,(H,19,23)(H,21,22). The summed E-state index contributed by atoms with van der Waals surface area (Å²) in [6.45, 7) is 6.20. The fraction of sp³-hybridized carbons (Fsp3) is 0.500. The summed E-state index contributed by atoms with van der Waals surface area (Å²) in [4.78, 5) is 34.8. The van der Waals surface area contributed by atoms with E-state index in [1.54, 1.807) is 20.8 Å². The first-order valence-electron chi connectivity index (χ1n) is 8.02. The zero-order valence-electron chi connectivity index (χ0n) is 14.9. The molecule has 0 saturated carbocycles. The number of carbonyl (C=O) groups excluding carboxylic acids is 2. The molecule has 1 aromatic carbocycles. The highest BCUT2D eigenvalue weighted by Gasteiger charge is 2.33. The van der Waals surface area contributed by atoms with Crippen molar-refractivity contribution >= 4 is 18.0 Å². The van der Waals surface area contributed by atoms with Gasteiger partial charge in [0.1, 0.15) is 11.7 Å². The molecular weight excluding hydrogens is 326 g/mol. The van der Waals surface area contributed by atoms with Crippen LogP contribution in [0.3, 0.4) is 0 Å². The highest BCUT2D eigenvalue weighted by molar-refractivity contribution is 5.81. The van der Waals surface area contributed by atoms with Gasteiger partial charge in [-0.05, 0) is 39.2 Å². The van der Waals surface area contributed by atoms with Crippen molar-refractivity contribution in [1.29, 1.82) is 0 Å². The summed E-state index contributed by atoms with van der Waals surface area (Å²) in [5.74, 6) is -1.92. The van der Waals surface area contributed by atoms with E-state index >= 15 is 0 Å². The van der Waals surface area contributed by atoms with Crippen molar-refractivity contribution in [3.05, 3.63) is 35.9 Å². The van der Waals surface area contributed by atoms with E-state index in [9.17, 15) is 19.5 Å². The molecule has 7 heteroatoms. The average Bonchev–Trinajstić information content (AvgIpc) is 2.48. The molecule has 0 aliphatic rings. The lowest BCUT2D eigenvalue weighted by molar-refractivity contribution is -0.154. The first kappa shape index (κ1) is 20.5. The summed E-state index contributed by atoms with van der Waals surface area (Å²) in [6.07, 6.45) is -1.14. The normalized spacial score (nSPS) is 13.4. The number of nitrogens with one attached hydrogen (secondary N) is 1. The zero-order valence-corrected chi connectivity index (χ0v) is 14.9. The second-order valence-electron chi connectivity index (χ2n) is 6.63. The molecule has 0 spiro atoms. The topological polar surface area (TPSA) is 102 Å². The van der Waals surface area contributed by atoms with Crippen LogP contribution in [-0.2, 0) is 25.5 Å². The second kappa shape index (κ2) is 9.05. The van der Waals surface area contributed by atoms with Crippen LogP contribution in [0.1, 0.15) is 39.7 Å². The molecule has 1 aromatic rings. The van der Waals surface area contributed by atoms with Crippen LogP contribution in [0, 0.1) is 0 Å². The highest BCUT2D eigenvalue weighted by Crippen LogP contribution is 2.13. The number of hydrogen-bond acceptors (Lipinski definition) is 5. The number of hydrogen-bond donors (Lipinski definition) is 2. The molecule has 25 heavy (non-hydrogen) atoms. The second-order valence-corrected chi connectivity index (χ2v) is 6.63. The van der Waals surface area contributed by atoms with Crippen LogP contribution >= 0.6 is 0 Å². The Bertz CT molecular complexity index is 593. The summed E-state index contributed by atoms with van der Waals surface area (Å²) in [7, 11) is 0. The van der Waals surface area contributed by atoms with Gasteiger partial charge < -0.3 is 19.9 Å². The smallest absolute Gasteiger partial charge is 0.408 e. The lowest BCUT2D eigenvalue weighted by atomic mass is 10.0. The first-order valence-corrected chi connectivity index (χ1v) is 8.02. The first-order chi connectivity index (χ1) is 11.6. The van der Waals surface area contributed by atoms with Crippen LogP contribution in [0.15, 0.2) is 30.3 Å². The fourth-order valence-corrected chi connectivity index (χ4v) is 2.21. The van der Waals surface area contributed by atoms with E-state index < -0.39 is 35.8 Å². The molecule has 0 bridgehead atoms. The molecule has 1 rings (SSSR count). The Morgan fingerprint density at radius 2 is 1.76 bits per heavy atom. The van der Waals surface area contributed by atoms with Gasteiger partial charge in [0, 0.05) is 6.92 Å².